The van der Waals surface area contributed by atoms with Crippen LogP contribution in [0.4, 0.5) is 0 Å². The molecule has 0 unspecified atom stereocenters. The fourth-order valence-corrected chi connectivity index (χ4v) is 3.41. The van der Waals surface area contributed by atoms with E-state index in [-0.39, 0.29) is 11.4 Å². The van der Waals surface area contributed by atoms with E-state index >= 15 is 0 Å². The first-order chi connectivity index (χ1) is 9.73. The molecule has 0 saturated heterocycles. The number of hydrogen-bond acceptors (Lipinski definition) is 3. The Morgan fingerprint density at radius 2 is 1.95 bits per heavy atom. The summed E-state index contributed by atoms with van der Waals surface area (Å²) in [5.74, 6) is 0. The zero-order valence-electron chi connectivity index (χ0n) is 12.5. The van der Waals surface area contributed by atoms with Gasteiger partial charge in [0, 0.05) is 14.1 Å². The van der Waals surface area contributed by atoms with Crippen molar-refractivity contribution in [3.8, 4) is 0 Å². The molecule has 5 nitrogen and oxygen atoms in total. The minimum atomic E-state index is -3.55. The zero-order chi connectivity index (χ0) is 15.8. The maximum absolute atomic E-state index is 12.6. The number of nitrogens with zero attached hydrogens (tertiary/aromatic N) is 3. The Morgan fingerprint density at radius 3 is 2.48 bits per heavy atom. The summed E-state index contributed by atoms with van der Waals surface area (Å²) in [7, 11) is -0.285. The lowest BCUT2D eigenvalue weighted by molar-refractivity contribution is 0.453. The molecule has 0 aliphatic carbocycles. The van der Waals surface area contributed by atoms with Crippen LogP contribution in [0.2, 0.25) is 5.02 Å². The molecule has 0 N–H and O–H groups in total. The smallest absolute Gasteiger partial charge is 0.243 e. The summed E-state index contributed by atoms with van der Waals surface area (Å²) in [4.78, 5) is 0.284. The molecule has 0 amide bonds. The van der Waals surface area contributed by atoms with Crippen LogP contribution in [0.15, 0.2) is 29.3 Å². The lowest BCUT2D eigenvalue weighted by Crippen LogP contribution is -2.27. The third-order valence-electron chi connectivity index (χ3n) is 3.57. The molecule has 0 atom stereocenters. The van der Waals surface area contributed by atoms with Crippen molar-refractivity contribution >= 4 is 21.6 Å². The van der Waals surface area contributed by atoms with Gasteiger partial charge in [-0.25, -0.2) is 8.42 Å². The summed E-state index contributed by atoms with van der Waals surface area (Å²) in [5.41, 5.74) is 2.67. The van der Waals surface area contributed by atoms with E-state index in [1.807, 2.05) is 19.9 Å². The van der Waals surface area contributed by atoms with E-state index in [0.717, 1.165) is 11.1 Å². The molecule has 0 bridgehead atoms. The van der Waals surface area contributed by atoms with Crippen molar-refractivity contribution in [1.82, 2.24) is 14.1 Å². The van der Waals surface area contributed by atoms with Crippen LogP contribution >= 0.6 is 11.6 Å². The second-order valence-electron chi connectivity index (χ2n) is 5.07. The second-order valence-corrected chi connectivity index (χ2v) is 7.52. The minimum absolute atomic E-state index is 0.171. The normalized spacial score (nSPS) is 12.1. The molecule has 0 saturated carbocycles. The van der Waals surface area contributed by atoms with E-state index in [2.05, 4.69) is 5.10 Å². The molecule has 0 radical (unpaired) electrons. The van der Waals surface area contributed by atoms with E-state index in [1.54, 1.807) is 23.9 Å². The van der Waals surface area contributed by atoms with Crippen molar-refractivity contribution in [2.24, 2.45) is 7.05 Å². The summed E-state index contributed by atoms with van der Waals surface area (Å²) in [5, 5.41) is 4.47. The summed E-state index contributed by atoms with van der Waals surface area (Å²) in [6.45, 7) is 4.02. The van der Waals surface area contributed by atoms with Crippen molar-refractivity contribution in [3.05, 3.63) is 46.2 Å². The van der Waals surface area contributed by atoms with Crippen LogP contribution in [0.1, 0.15) is 16.8 Å². The highest BCUT2D eigenvalue weighted by atomic mass is 35.5. The van der Waals surface area contributed by atoms with Crippen molar-refractivity contribution < 1.29 is 8.42 Å². The first-order valence-electron chi connectivity index (χ1n) is 6.43. The number of sulfonamides is 1. The van der Waals surface area contributed by atoms with Gasteiger partial charge in [0.1, 0.15) is 0 Å². The lowest BCUT2D eigenvalue weighted by Gasteiger charge is -2.18. The Labute approximate surface area is 130 Å². The van der Waals surface area contributed by atoms with Gasteiger partial charge in [0.05, 0.1) is 28.4 Å². The largest absolute Gasteiger partial charge is 0.270 e. The van der Waals surface area contributed by atoms with Gasteiger partial charge in [-0.2, -0.15) is 9.40 Å². The number of benzene rings is 1. The highest BCUT2D eigenvalue weighted by molar-refractivity contribution is 7.89. The summed E-state index contributed by atoms with van der Waals surface area (Å²) in [6.07, 6.45) is 1.51. The molecule has 21 heavy (non-hydrogen) atoms. The molecule has 0 spiro atoms. The summed E-state index contributed by atoms with van der Waals surface area (Å²) >= 11 is 6.03. The van der Waals surface area contributed by atoms with Gasteiger partial charge in [0.2, 0.25) is 10.0 Å². The van der Waals surface area contributed by atoms with Gasteiger partial charge in [-0.15, -0.1) is 0 Å². The van der Waals surface area contributed by atoms with Gasteiger partial charge >= 0.3 is 0 Å². The first-order valence-corrected chi connectivity index (χ1v) is 8.25. The number of aryl methyl sites for hydroxylation is 3. The van der Waals surface area contributed by atoms with Crippen LogP contribution in [0, 0.1) is 13.8 Å². The maximum atomic E-state index is 12.6. The van der Waals surface area contributed by atoms with Gasteiger partial charge in [0.25, 0.3) is 0 Å². The van der Waals surface area contributed by atoms with Crippen molar-refractivity contribution in [2.75, 3.05) is 7.05 Å². The fourth-order valence-electron chi connectivity index (χ4n) is 1.96. The number of rotatable bonds is 4. The molecule has 7 heteroatoms. The highest BCUT2D eigenvalue weighted by Crippen LogP contribution is 2.22. The topological polar surface area (TPSA) is 55.2 Å². The van der Waals surface area contributed by atoms with Crippen LogP contribution in [-0.2, 0) is 23.6 Å². The number of hydrogen-bond donors (Lipinski definition) is 0. The van der Waals surface area contributed by atoms with Gasteiger partial charge in [-0.3, -0.25) is 4.68 Å². The van der Waals surface area contributed by atoms with Crippen LogP contribution in [-0.4, -0.2) is 29.6 Å². The van der Waals surface area contributed by atoms with Crippen LogP contribution < -0.4 is 0 Å². The molecule has 1 heterocycles. The molecule has 0 aliphatic heterocycles. The molecular formula is C14H18ClN3O2S. The third kappa shape index (κ3) is 3.12. The molecule has 1 aromatic heterocycles. The number of aromatic nitrogens is 2. The van der Waals surface area contributed by atoms with Crippen molar-refractivity contribution in [2.45, 2.75) is 25.3 Å². The molecular weight excluding hydrogens is 310 g/mol. The molecule has 1 aromatic carbocycles. The maximum Gasteiger partial charge on any atom is 0.243 e. The standard InChI is InChI=1S/C14H18ClN3O2S/c1-10-5-6-12(7-11(10)2)21(19,20)17(3)9-14-13(15)8-16-18(14)4/h5-8H,9H2,1-4H3. The van der Waals surface area contributed by atoms with Crippen LogP contribution in [0.25, 0.3) is 0 Å². The van der Waals surface area contributed by atoms with E-state index in [1.165, 1.54) is 17.5 Å². The van der Waals surface area contributed by atoms with E-state index in [0.29, 0.717) is 10.7 Å². The molecule has 2 rings (SSSR count). The van der Waals surface area contributed by atoms with Crippen molar-refractivity contribution in [1.29, 1.82) is 0 Å². The van der Waals surface area contributed by atoms with Crippen molar-refractivity contribution in [3.63, 3.8) is 0 Å². The fraction of sp³-hybridized carbons (Fsp3) is 0.357. The zero-order valence-corrected chi connectivity index (χ0v) is 14.0. The van der Waals surface area contributed by atoms with E-state index in [4.69, 9.17) is 11.6 Å². The van der Waals surface area contributed by atoms with Crippen LogP contribution in [0.5, 0.6) is 0 Å². The van der Waals surface area contributed by atoms with Gasteiger partial charge in [-0.1, -0.05) is 17.7 Å². The minimum Gasteiger partial charge on any atom is -0.270 e. The Hall–Kier alpha value is -1.37. The number of halogens is 1. The average Bonchev–Trinajstić information content (AvgIpc) is 2.73. The van der Waals surface area contributed by atoms with E-state index in [9.17, 15) is 8.42 Å². The Kier molecular flexibility index (Phi) is 4.41. The van der Waals surface area contributed by atoms with Gasteiger partial charge in [0.15, 0.2) is 0 Å². The van der Waals surface area contributed by atoms with Gasteiger partial charge < -0.3 is 0 Å². The second kappa shape index (κ2) is 5.79. The predicted octanol–water partition coefficient (Wildman–Crippen LogP) is 2.51. The highest BCUT2D eigenvalue weighted by Gasteiger charge is 2.23. The Bertz CT molecular complexity index is 749. The monoisotopic (exact) mass is 327 g/mol. The van der Waals surface area contributed by atoms with Gasteiger partial charge in [-0.05, 0) is 37.1 Å². The molecule has 2 aromatic rings. The quantitative estimate of drug-likeness (QED) is 0.867. The van der Waals surface area contributed by atoms with E-state index < -0.39 is 10.0 Å². The SMILES string of the molecule is Cc1ccc(S(=O)(=O)N(C)Cc2c(Cl)cnn2C)cc1C. The summed E-state index contributed by atoms with van der Waals surface area (Å²) in [6, 6.07) is 5.12. The average molecular weight is 328 g/mol. The molecule has 0 fully saturated rings. The Balaban J connectivity index is 2.32. The molecule has 114 valence electrons. The predicted molar refractivity (Wildman–Crippen MR) is 82.8 cm³/mol. The lowest BCUT2D eigenvalue weighted by atomic mass is 10.1. The van der Waals surface area contributed by atoms with Crippen LogP contribution in [0.3, 0.4) is 0 Å². The Morgan fingerprint density at radius 1 is 1.29 bits per heavy atom. The summed E-state index contributed by atoms with van der Waals surface area (Å²) < 4.78 is 28.1. The third-order valence-corrected chi connectivity index (χ3v) is 5.68. The first kappa shape index (κ1) is 16.0. The molecule has 0 aliphatic rings.